The Hall–Kier alpha value is -1.90. The Labute approximate surface area is 124 Å². The van der Waals surface area contributed by atoms with Crippen LogP contribution in [0.4, 0.5) is 0 Å². The van der Waals surface area contributed by atoms with Crippen molar-refractivity contribution in [2.45, 2.75) is 25.5 Å². The summed E-state index contributed by atoms with van der Waals surface area (Å²) in [6.45, 7) is 2.87. The largest absolute Gasteiger partial charge is 0.492 e. The van der Waals surface area contributed by atoms with Gasteiger partial charge in [-0.15, -0.1) is 0 Å². The highest BCUT2D eigenvalue weighted by Gasteiger charge is 2.35. The number of quaternary nitrogens is 1. The lowest BCUT2D eigenvalue weighted by atomic mass is 9.91. The molecule has 0 aliphatic carbocycles. The van der Waals surface area contributed by atoms with Crippen LogP contribution in [-0.2, 0) is 6.42 Å². The summed E-state index contributed by atoms with van der Waals surface area (Å²) in [5.41, 5.74) is 2.24. The van der Waals surface area contributed by atoms with Crippen molar-refractivity contribution in [2.24, 2.45) is 0 Å². The van der Waals surface area contributed by atoms with Gasteiger partial charge in [0, 0.05) is 6.42 Å². The Balaban J connectivity index is 2.14. The van der Waals surface area contributed by atoms with E-state index in [9.17, 15) is 5.11 Å². The van der Waals surface area contributed by atoms with E-state index in [0.717, 1.165) is 24.3 Å². The van der Waals surface area contributed by atoms with Crippen LogP contribution in [-0.4, -0.2) is 38.7 Å². The molecule has 2 heterocycles. The summed E-state index contributed by atoms with van der Waals surface area (Å²) in [6, 6.07) is 2.00. The number of hydrogen-bond acceptors (Lipinski definition) is 4. The zero-order valence-corrected chi connectivity index (χ0v) is 12.5. The Morgan fingerprint density at radius 2 is 2.29 bits per heavy atom. The molecule has 0 fully saturated rings. The number of nitrogens with one attached hydrogen (secondary N) is 1. The van der Waals surface area contributed by atoms with E-state index in [2.05, 4.69) is 18.9 Å². The van der Waals surface area contributed by atoms with Crippen LogP contribution in [0.5, 0.6) is 17.2 Å². The molecule has 0 saturated carbocycles. The van der Waals surface area contributed by atoms with Crippen LogP contribution in [0.15, 0.2) is 6.07 Å². The lowest BCUT2D eigenvalue weighted by molar-refractivity contribution is -0.905. The minimum Gasteiger partial charge on any atom is -0.492 e. The maximum absolute atomic E-state index is 9.44. The van der Waals surface area contributed by atoms with Crippen molar-refractivity contribution < 1.29 is 24.2 Å². The normalized spacial score (nSPS) is 23.8. The first kappa shape index (κ1) is 14.1. The lowest BCUT2D eigenvalue weighted by Crippen LogP contribution is -3.10. The molecule has 2 aliphatic rings. The molecular formula is C16H20NO4+. The Bertz CT molecular complexity index is 615. The molecule has 1 aromatic rings. The number of benzene rings is 1. The maximum Gasteiger partial charge on any atom is 0.231 e. The average Bonchev–Trinajstić information content (AvgIpc) is 2.91. The second kappa shape index (κ2) is 5.47. The Kier molecular flexibility index (Phi) is 3.66. The van der Waals surface area contributed by atoms with Gasteiger partial charge in [0.2, 0.25) is 12.5 Å². The van der Waals surface area contributed by atoms with E-state index < -0.39 is 6.10 Å². The molecule has 1 aromatic carbocycles. The monoisotopic (exact) mass is 290 g/mol. The van der Waals surface area contributed by atoms with Gasteiger partial charge in [0.25, 0.3) is 0 Å². The van der Waals surface area contributed by atoms with Crippen molar-refractivity contribution in [2.75, 3.05) is 27.5 Å². The number of aliphatic hydroxyl groups is 1. The first-order valence-electron chi connectivity index (χ1n) is 7.12. The molecule has 1 unspecified atom stereocenters. The van der Waals surface area contributed by atoms with Crippen LogP contribution < -0.4 is 19.1 Å². The van der Waals surface area contributed by atoms with Gasteiger partial charge in [0.15, 0.2) is 17.5 Å². The summed E-state index contributed by atoms with van der Waals surface area (Å²) >= 11 is 0. The zero-order chi connectivity index (χ0) is 15.0. The smallest absolute Gasteiger partial charge is 0.231 e. The van der Waals surface area contributed by atoms with Crippen molar-refractivity contribution in [3.8, 4) is 29.1 Å². The molecule has 0 aromatic heterocycles. The van der Waals surface area contributed by atoms with E-state index in [0.29, 0.717) is 11.5 Å². The van der Waals surface area contributed by atoms with Crippen LogP contribution in [0, 0.1) is 11.8 Å². The highest BCUT2D eigenvalue weighted by molar-refractivity contribution is 5.62. The number of hydrogen-bond donors (Lipinski definition) is 2. The van der Waals surface area contributed by atoms with Crippen LogP contribution in [0.1, 0.15) is 24.1 Å². The van der Waals surface area contributed by atoms with Gasteiger partial charge in [-0.25, -0.2) is 0 Å². The molecule has 0 radical (unpaired) electrons. The molecule has 5 nitrogen and oxygen atoms in total. The van der Waals surface area contributed by atoms with Gasteiger partial charge in [-0.3, -0.25) is 0 Å². The molecule has 0 saturated heterocycles. The van der Waals surface area contributed by atoms with Gasteiger partial charge in [-0.2, -0.15) is 0 Å². The number of methoxy groups -OCH3 is 1. The predicted molar refractivity (Wildman–Crippen MR) is 76.8 cm³/mol. The van der Waals surface area contributed by atoms with Crippen molar-refractivity contribution in [3.63, 3.8) is 0 Å². The number of ether oxygens (including phenoxy) is 3. The second-order valence-corrected chi connectivity index (χ2v) is 5.46. The Morgan fingerprint density at radius 1 is 1.48 bits per heavy atom. The molecule has 0 bridgehead atoms. The molecular weight excluding hydrogens is 270 g/mol. The lowest BCUT2D eigenvalue weighted by Gasteiger charge is -2.30. The van der Waals surface area contributed by atoms with Gasteiger partial charge in [-0.1, -0.05) is 5.92 Å². The first-order valence-corrected chi connectivity index (χ1v) is 7.12. The van der Waals surface area contributed by atoms with Crippen molar-refractivity contribution >= 4 is 0 Å². The summed E-state index contributed by atoms with van der Waals surface area (Å²) in [5, 5.41) is 9.44. The molecule has 5 heteroatoms. The van der Waals surface area contributed by atoms with Gasteiger partial charge < -0.3 is 24.2 Å². The highest BCUT2D eigenvalue weighted by atomic mass is 16.7. The van der Waals surface area contributed by atoms with Crippen LogP contribution >= 0.6 is 0 Å². The first-order chi connectivity index (χ1) is 10.1. The fraction of sp³-hybridized carbons (Fsp3) is 0.500. The second-order valence-electron chi connectivity index (χ2n) is 5.46. The SMILES string of the molecule is COc1c2c(cc3c1[C@H](C#C[C@H](C)O)[NH+](C)CC3)OCO2. The van der Waals surface area contributed by atoms with Gasteiger partial charge in [-0.05, 0) is 24.5 Å². The van der Waals surface area contributed by atoms with E-state index in [1.807, 2.05) is 6.07 Å². The average molecular weight is 290 g/mol. The summed E-state index contributed by atoms with van der Waals surface area (Å²) in [5.74, 6) is 8.16. The maximum atomic E-state index is 9.44. The number of aliphatic hydroxyl groups excluding tert-OH is 1. The molecule has 0 amide bonds. The van der Waals surface area contributed by atoms with Crippen LogP contribution in [0.3, 0.4) is 0 Å². The molecule has 21 heavy (non-hydrogen) atoms. The standard InChI is InChI=1S/C16H19NO4/c1-10(18)4-5-12-14-11(6-7-17(12)2)8-13-15(16(14)19-3)21-9-20-13/h8,10,12,18H,6-7,9H2,1-3H3/p+1/t10-,12-/m0/s1. The van der Waals surface area contributed by atoms with E-state index >= 15 is 0 Å². The highest BCUT2D eigenvalue weighted by Crippen LogP contribution is 2.47. The summed E-state index contributed by atoms with van der Waals surface area (Å²) in [4.78, 5) is 1.29. The van der Waals surface area contributed by atoms with Crippen LogP contribution in [0.2, 0.25) is 0 Å². The van der Waals surface area contributed by atoms with E-state index in [1.165, 1.54) is 10.5 Å². The van der Waals surface area contributed by atoms with E-state index in [-0.39, 0.29) is 12.8 Å². The molecule has 2 aliphatic heterocycles. The van der Waals surface area contributed by atoms with Crippen molar-refractivity contribution in [3.05, 3.63) is 17.2 Å². The van der Waals surface area contributed by atoms with Crippen molar-refractivity contribution in [1.29, 1.82) is 0 Å². The summed E-state index contributed by atoms with van der Waals surface area (Å²) in [7, 11) is 3.75. The molecule has 3 atom stereocenters. The van der Waals surface area contributed by atoms with Gasteiger partial charge in [0.05, 0.1) is 26.3 Å². The van der Waals surface area contributed by atoms with E-state index in [1.54, 1.807) is 14.0 Å². The van der Waals surface area contributed by atoms with E-state index in [4.69, 9.17) is 14.2 Å². The topological polar surface area (TPSA) is 52.4 Å². The summed E-state index contributed by atoms with van der Waals surface area (Å²) in [6.07, 6.45) is 0.310. The molecule has 2 N–H and O–H groups in total. The van der Waals surface area contributed by atoms with Crippen LogP contribution in [0.25, 0.3) is 0 Å². The third kappa shape index (κ3) is 2.41. The number of likely N-dealkylation sites (N-methyl/N-ethyl adjacent to an activating group) is 1. The fourth-order valence-electron chi connectivity index (χ4n) is 2.93. The van der Waals surface area contributed by atoms with Gasteiger partial charge in [0.1, 0.15) is 6.10 Å². The number of rotatable bonds is 1. The fourth-order valence-corrected chi connectivity index (χ4v) is 2.93. The quantitative estimate of drug-likeness (QED) is 0.711. The molecule has 3 rings (SSSR count). The third-order valence-electron chi connectivity index (χ3n) is 3.95. The predicted octanol–water partition coefficient (Wildman–Crippen LogP) is -0.0800. The zero-order valence-electron chi connectivity index (χ0n) is 12.5. The number of fused-ring (bicyclic) bond motifs is 2. The minimum absolute atomic E-state index is 0.0344. The Morgan fingerprint density at radius 3 is 3.00 bits per heavy atom. The molecule has 0 spiro atoms. The van der Waals surface area contributed by atoms with Gasteiger partial charge >= 0.3 is 0 Å². The molecule has 112 valence electrons. The third-order valence-corrected chi connectivity index (χ3v) is 3.95. The van der Waals surface area contributed by atoms with Crippen molar-refractivity contribution in [1.82, 2.24) is 0 Å². The summed E-state index contributed by atoms with van der Waals surface area (Å²) < 4.78 is 16.6. The minimum atomic E-state index is -0.636.